The van der Waals surface area contributed by atoms with Gasteiger partial charge < -0.3 is 22.8 Å². The van der Waals surface area contributed by atoms with Gasteiger partial charge in [0.05, 0.1) is 0 Å². The van der Waals surface area contributed by atoms with Crippen molar-refractivity contribution in [2.24, 2.45) is 0 Å². The quantitative estimate of drug-likeness (QED) is 0.132. The third kappa shape index (κ3) is 29.9. The van der Waals surface area contributed by atoms with E-state index in [1.165, 1.54) is 0 Å². The molecule has 0 N–H and O–H groups in total. The van der Waals surface area contributed by atoms with Crippen molar-refractivity contribution in [2.75, 3.05) is 0 Å². The van der Waals surface area contributed by atoms with Crippen molar-refractivity contribution >= 4 is 75.0 Å². The Morgan fingerprint density at radius 2 is 0.310 bits per heavy atom. The SMILES string of the molecule is O=S(=O)([O-])C(F)(F)F.O=S(=O)([O-])C(F)(F)F.O=S(=O)([O-])C(F)(F)F.O=S(=O)([O-])C(F)(F)F.O=S(=O)([O-])C(F)(F)F.[Cu+2].[Sb+3]. The van der Waals surface area contributed by atoms with Crippen LogP contribution in [0.5, 0.6) is 0 Å². The van der Waals surface area contributed by atoms with Gasteiger partial charge in [-0.1, -0.05) is 0 Å². The number of hydrogen-bond acceptors (Lipinski definition) is 15. The van der Waals surface area contributed by atoms with Gasteiger partial charge in [-0.3, -0.25) is 0 Å². The fourth-order valence-corrected chi connectivity index (χ4v) is 0. The molecular weight excluding hydrogens is 931 g/mol. The zero-order valence-corrected chi connectivity index (χ0v) is 24.7. The van der Waals surface area contributed by atoms with Crippen LogP contribution in [0.4, 0.5) is 65.9 Å². The van der Waals surface area contributed by atoms with Crippen molar-refractivity contribution in [2.45, 2.75) is 27.5 Å². The van der Waals surface area contributed by atoms with Crippen molar-refractivity contribution in [3.05, 3.63) is 0 Å². The summed E-state index contributed by atoms with van der Waals surface area (Å²) in [5.41, 5.74) is -28.2. The minimum absolute atomic E-state index is 0. The molecule has 0 aromatic rings. The summed E-state index contributed by atoms with van der Waals surface area (Å²) >= 11 is 0. The van der Waals surface area contributed by atoms with Crippen LogP contribution in [0.15, 0.2) is 0 Å². The predicted molar refractivity (Wildman–Crippen MR) is 84.5 cm³/mol. The van der Waals surface area contributed by atoms with Gasteiger partial charge in [-0.2, -0.15) is 65.9 Å². The number of alkyl halides is 15. The topological polar surface area (TPSA) is 286 Å². The third-order valence-corrected chi connectivity index (χ3v) is 4.25. The van der Waals surface area contributed by atoms with E-state index in [0.29, 0.717) is 0 Å². The maximum atomic E-state index is 10.7. The summed E-state index contributed by atoms with van der Waals surface area (Å²) in [6.45, 7) is 0. The van der Waals surface area contributed by atoms with Crippen LogP contribution in [0.2, 0.25) is 0 Å². The van der Waals surface area contributed by atoms with Crippen molar-refractivity contribution < 1.29 is 148 Å². The molecule has 0 saturated heterocycles. The molecule has 0 fully saturated rings. The van der Waals surface area contributed by atoms with Crippen LogP contribution in [0, 0.1) is 0 Å². The zero-order chi connectivity index (χ0) is 35.0. The van der Waals surface area contributed by atoms with Gasteiger partial charge >= 0.3 is 69.0 Å². The van der Waals surface area contributed by atoms with Crippen molar-refractivity contribution in [1.82, 2.24) is 0 Å². The molecule has 0 heterocycles. The monoisotopic (exact) mass is 929 g/mol. The predicted octanol–water partition coefficient (Wildman–Crippen LogP) is -0.126. The summed E-state index contributed by atoms with van der Waals surface area (Å²) in [6, 6.07) is 0. The molecule has 0 bridgehead atoms. The normalized spacial score (nSPS) is 13.3. The van der Waals surface area contributed by atoms with Crippen LogP contribution < -0.4 is 0 Å². The molecule has 37 heteroatoms. The second kappa shape index (κ2) is 18.1. The first kappa shape index (κ1) is 57.5. The number of hydrogen-bond donors (Lipinski definition) is 0. The van der Waals surface area contributed by atoms with Crippen LogP contribution in [-0.2, 0) is 67.7 Å². The molecule has 0 aromatic carbocycles. The average molecular weight is 931 g/mol. The van der Waals surface area contributed by atoms with Gasteiger partial charge in [0.25, 0.3) is 0 Å². The van der Waals surface area contributed by atoms with E-state index in [2.05, 4.69) is 0 Å². The molecule has 0 rings (SSSR count). The first-order valence-corrected chi connectivity index (χ1v) is 13.4. The fraction of sp³-hybridized carbons (Fsp3) is 1.00. The van der Waals surface area contributed by atoms with Crippen LogP contribution in [0.25, 0.3) is 0 Å². The maximum absolute atomic E-state index is 10.7. The van der Waals surface area contributed by atoms with Gasteiger partial charge in [0.15, 0.2) is 50.6 Å². The third-order valence-electron chi connectivity index (χ3n) is 1.42. The zero-order valence-electron chi connectivity index (χ0n) is 17.1. The summed E-state index contributed by atoms with van der Waals surface area (Å²) in [5.74, 6) is 0. The molecule has 0 amide bonds. The molecule has 0 aliphatic rings. The Labute approximate surface area is 249 Å². The van der Waals surface area contributed by atoms with E-state index in [1.54, 1.807) is 0 Å². The minimum atomic E-state index is -6.09. The van der Waals surface area contributed by atoms with E-state index in [9.17, 15) is 65.9 Å². The molecule has 3 radical (unpaired) electrons. The Morgan fingerprint density at radius 1 is 0.286 bits per heavy atom. The van der Waals surface area contributed by atoms with Crippen molar-refractivity contribution in [3.8, 4) is 0 Å². The van der Waals surface area contributed by atoms with Gasteiger partial charge in [0.1, 0.15) is 0 Å². The van der Waals surface area contributed by atoms with E-state index in [4.69, 9.17) is 64.9 Å². The van der Waals surface area contributed by atoms with Gasteiger partial charge in [-0.15, -0.1) is 0 Å². The van der Waals surface area contributed by atoms with Gasteiger partial charge in [0.2, 0.25) is 0 Å². The largest absolute Gasteiger partial charge is 3.00 e. The Morgan fingerprint density at radius 3 is 0.310 bits per heavy atom. The van der Waals surface area contributed by atoms with E-state index in [-0.39, 0.29) is 41.5 Å². The Balaban J connectivity index is -0.0000000721. The molecule has 0 saturated carbocycles. The molecule has 0 aromatic heterocycles. The molecule has 42 heavy (non-hydrogen) atoms. The molecule has 261 valence electrons. The number of rotatable bonds is 0. The Hall–Kier alpha value is -0.162. The van der Waals surface area contributed by atoms with Gasteiger partial charge in [-0.05, 0) is 0 Å². The van der Waals surface area contributed by atoms with E-state index >= 15 is 0 Å². The molecular formula is C5CuF15O15S5Sb. The average Bonchev–Trinajstić information content (AvgIpc) is 2.47. The Kier molecular flexibility index (Phi) is 24.8. The van der Waals surface area contributed by atoms with Gasteiger partial charge in [-0.25, -0.2) is 42.1 Å². The molecule has 15 nitrogen and oxygen atoms in total. The maximum Gasteiger partial charge on any atom is 3.00 e. The van der Waals surface area contributed by atoms with Crippen molar-refractivity contribution in [1.29, 1.82) is 0 Å². The van der Waals surface area contributed by atoms with Gasteiger partial charge in [0, 0.05) is 0 Å². The second-order valence-electron chi connectivity index (χ2n) is 4.50. The molecule has 0 aliphatic heterocycles. The molecule has 0 unspecified atom stereocenters. The summed E-state index contributed by atoms with van der Waals surface area (Å²) < 4.78 is 295. The summed E-state index contributed by atoms with van der Waals surface area (Å²) in [6.07, 6.45) is 0. The summed E-state index contributed by atoms with van der Waals surface area (Å²) in [4.78, 5) is 0. The van der Waals surface area contributed by atoms with Crippen LogP contribution in [-0.4, -0.2) is 117 Å². The smallest absolute Gasteiger partial charge is 0.741 e. The minimum Gasteiger partial charge on any atom is -0.741 e. The summed E-state index contributed by atoms with van der Waals surface area (Å²) in [5, 5.41) is 0. The molecule has 0 spiro atoms. The molecule has 0 aliphatic carbocycles. The van der Waals surface area contributed by atoms with Crippen molar-refractivity contribution in [3.63, 3.8) is 0 Å². The van der Waals surface area contributed by atoms with Crippen LogP contribution >= 0.6 is 0 Å². The van der Waals surface area contributed by atoms with E-state index in [0.717, 1.165) is 0 Å². The summed E-state index contributed by atoms with van der Waals surface area (Å²) in [7, 11) is -30.5. The molecule has 0 atom stereocenters. The first-order valence-electron chi connectivity index (χ1n) is 6.36. The second-order valence-corrected chi connectivity index (χ2v) is 11.4. The number of halogens is 15. The standard InChI is InChI=1S/5CHF3O3S.Cu.Sb/c5*2-1(3,4)8(5,6)7;;/h5*(H,5,6,7);;/q;;;;;+2;+3/p-5. The van der Waals surface area contributed by atoms with Crippen LogP contribution in [0.1, 0.15) is 0 Å². The van der Waals surface area contributed by atoms with E-state index < -0.39 is 78.1 Å². The first-order chi connectivity index (χ1) is 16.2. The Bertz CT molecular complexity index is 1070. The van der Waals surface area contributed by atoms with E-state index in [1.807, 2.05) is 0 Å². The van der Waals surface area contributed by atoms with Crippen LogP contribution in [0.3, 0.4) is 0 Å². The fourth-order valence-electron chi connectivity index (χ4n) is 0.